The SMILES string of the molecule is COc1cccc(S(=O)(=O)N2CC[C@H](c3c(C(=O)N(C)C)sc4ccccc34)C2)c1. The number of hydrogen-bond acceptors (Lipinski definition) is 5. The van der Waals surface area contributed by atoms with E-state index < -0.39 is 10.0 Å². The van der Waals surface area contributed by atoms with Crippen LogP contribution in [0.1, 0.15) is 27.6 Å². The molecule has 30 heavy (non-hydrogen) atoms. The van der Waals surface area contributed by atoms with Gasteiger partial charge in [-0.3, -0.25) is 4.79 Å². The second-order valence-corrected chi connectivity index (χ2v) is 10.6. The van der Waals surface area contributed by atoms with Crippen molar-refractivity contribution in [2.45, 2.75) is 17.2 Å². The van der Waals surface area contributed by atoms with Crippen molar-refractivity contribution < 1.29 is 17.9 Å². The Labute approximate surface area is 180 Å². The number of fused-ring (bicyclic) bond motifs is 1. The minimum absolute atomic E-state index is 0.0274. The van der Waals surface area contributed by atoms with Gasteiger partial charge in [0.25, 0.3) is 5.91 Å². The van der Waals surface area contributed by atoms with Gasteiger partial charge in [-0.15, -0.1) is 11.3 Å². The van der Waals surface area contributed by atoms with Gasteiger partial charge in [-0.2, -0.15) is 4.31 Å². The third kappa shape index (κ3) is 3.59. The van der Waals surface area contributed by atoms with Crippen LogP contribution in [0.25, 0.3) is 10.1 Å². The Morgan fingerprint density at radius 3 is 2.67 bits per heavy atom. The number of benzene rings is 2. The molecule has 2 heterocycles. The Morgan fingerprint density at radius 1 is 1.17 bits per heavy atom. The van der Waals surface area contributed by atoms with Crippen molar-refractivity contribution in [2.75, 3.05) is 34.3 Å². The molecule has 6 nitrogen and oxygen atoms in total. The molecule has 0 saturated carbocycles. The van der Waals surface area contributed by atoms with E-state index >= 15 is 0 Å². The van der Waals surface area contributed by atoms with Crippen molar-refractivity contribution in [3.05, 3.63) is 59.0 Å². The molecule has 0 N–H and O–H groups in total. The molecule has 1 aliphatic rings. The normalized spacial score (nSPS) is 17.4. The molecule has 2 aromatic carbocycles. The molecule has 4 rings (SSSR count). The van der Waals surface area contributed by atoms with Crippen molar-refractivity contribution in [2.24, 2.45) is 0 Å². The van der Waals surface area contributed by atoms with Crippen molar-refractivity contribution >= 4 is 37.4 Å². The maximum absolute atomic E-state index is 13.2. The molecule has 1 amide bonds. The summed E-state index contributed by atoms with van der Waals surface area (Å²) in [6.07, 6.45) is 0.678. The molecular weight excluding hydrogens is 420 g/mol. The number of methoxy groups -OCH3 is 1. The lowest BCUT2D eigenvalue weighted by molar-refractivity contribution is 0.0831. The van der Waals surface area contributed by atoms with E-state index in [4.69, 9.17) is 4.74 Å². The zero-order valence-corrected chi connectivity index (χ0v) is 18.8. The van der Waals surface area contributed by atoms with Crippen LogP contribution in [0.2, 0.25) is 0 Å². The molecule has 8 heteroatoms. The van der Waals surface area contributed by atoms with Crippen LogP contribution < -0.4 is 4.74 Å². The molecule has 0 unspecified atom stereocenters. The number of nitrogens with zero attached hydrogens (tertiary/aromatic N) is 2. The van der Waals surface area contributed by atoms with Gasteiger partial charge < -0.3 is 9.64 Å². The maximum atomic E-state index is 13.2. The Balaban J connectivity index is 1.70. The van der Waals surface area contributed by atoms with Crippen LogP contribution in [0.5, 0.6) is 5.75 Å². The fraction of sp³-hybridized carbons (Fsp3) is 0.318. The van der Waals surface area contributed by atoms with Crippen LogP contribution in [0.3, 0.4) is 0 Å². The average molecular weight is 445 g/mol. The van der Waals surface area contributed by atoms with Crippen LogP contribution in [-0.4, -0.2) is 57.8 Å². The summed E-state index contributed by atoms with van der Waals surface area (Å²) in [7, 11) is 1.36. The minimum Gasteiger partial charge on any atom is -0.497 e. The highest BCUT2D eigenvalue weighted by molar-refractivity contribution is 7.89. The average Bonchev–Trinajstić information content (AvgIpc) is 3.38. The van der Waals surface area contributed by atoms with Gasteiger partial charge in [-0.25, -0.2) is 8.42 Å². The first-order valence-electron chi connectivity index (χ1n) is 9.70. The monoisotopic (exact) mass is 444 g/mol. The highest BCUT2D eigenvalue weighted by Crippen LogP contribution is 2.41. The van der Waals surface area contributed by atoms with E-state index in [-0.39, 0.29) is 16.7 Å². The second kappa shape index (κ2) is 8.02. The van der Waals surface area contributed by atoms with Gasteiger partial charge in [0, 0.05) is 43.9 Å². The quantitative estimate of drug-likeness (QED) is 0.601. The predicted octanol–water partition coefficient (Wildman–Crippen LogP) is 3.79. The number of sulfonamides is 1. The third-order valence-electron chi connectivity index (χ3n) is 5.47. The molecule has 1 fully saturated rings. The maximum Gasteiger partial charge on any atom is 0.263 e. The molecule has 0 radical (unpaired) electrons. The number of carbonyl (C=O) groups is 1. The number of ether oxygens (including phenoxy) is 1. The zero-order valence-electron chi connectivity index (χ0n) is 17.2. The van der Waals surface area contributed by atoms with Crippen LogP contribution >= 0.6 is 11.3 Å². The summed E-state index contributed by atoms with van der Waals surface area (Å²) in [5.41, 5.74) is 0.970. The van der Waals surface area contributed by atoms with Crippen molar-refractivity contribution in [1.82, 2.24) is 9.21 Å². The van der Waals surface area contributed by atoms with Gasteiger partial charge >= 0.3 is 0 Å². The number of hydrogen-bond donors (Lipinski definition) is 0. The summed E-state index contributed by atoms with van der Waals surface area (Å²) in [5, 5.41) is 1.04. The van der Waals surface area contributed by atoms with Gasteiger partial charge in [0.1, 0.15) is 5.75 Å². The van der Waals surface area contributed by atoms with E-state index in [9.17, 15) is 13.2 Å². The molecule has 0 aliphatic carbocycles. The lowest BCUT2D eigenvalue weighted by Gasteiger charge is -2.18. The lowest BCUT2D eigenvalue weighted by atomic mass is 9.95. The Hall–Kier alpha value is -2.42. The molecule has 1 atom stereocenters. The predicted molar refractivity (Wildman–Crippen MR) is 119 cm³/mol. The Morgan fingerprint density at radius 2 is 1.93 bits per heavy atom. The van der Waals surface area contributed by atoms with Crippen molar-refractivity contribution in [3.63, 3.8) is 0 Å². The molecule has 1 aromatic heterocycles. The number of thiophene rings is 1. The standard InChI is InChI=1S/C22H24N2O4S2/c1-23(2)22(25)21-20(18-9-4-5-10-19(18)29-21)15-11-12-24(14-15)30(26,27)17-8-6-7-16(13-17)28-3/h4-10,13,15H,11-12,14H2,1-3H3/t15-/m0/s1. The highest BCUT2D eigenvalue weighted by Gasteiger charge is 2.36. The van der Waals surface area contributed by atoms with E-state index in [0.717, 1.165) is 15.6 Å². The van der Waals surface area contributed by atoms with Gasteiger partial charge in [-0.1, -0.05) is 24.3 Å². The van der Waals surface area contributed by atoms with Crippen LogP contribution in [0, 0.1) is 0 Å². The molecule has 3 aromatic rings. The van der Waals surface area contributed by atoms with E-state index in [1.54, 1.807) is 43.3 Å². The van der Waals surface area contributed by atoms with Crippen LogP contribution in [-0.2, 0) is 10.0 Å². The summed E-state index contributed by atoms with van der Waals surface area (Å²) in [6, 6.07) is 14.5. The van der Waals surface area contributed by atoms with Crippen molar-refractivity contribution in [3.8, 4) is 5.75 Å². The summed E-state index contributed by atoms with van der Waals surface area (Å²) in [6.45, 7) is 0.776. The molecule has 158 valence electrons. The van der Waals surface area contributed by atoms with E-state index in [0.29, 0.717) is 30.1 Å². The first-order valence-corrected chi connectivity index (χ1v) is 12.0. The fourth-order valence-electron chi connectivity index (χ4n) is 3.93. The molecule has 1 saturated heterocycles. The topological polar surface area (TPSA) is 66.9 Å². The first-order chi connectivity index (χ1) is 14.3. The summed E-state index contributed by atoms with van der Waals surface area (Å²) >= 11 is 1.48. The van der Waals surface area contributed by atoms with Crippen molar-refractivity contribution in [1.29, 1.82) is 0 Å². The highest BCUT2D eigenvalue weighted by atomic mass is 32.2. The first kappa shape index (κ1) is 20.8. The summed E-state index contributed by atoms with van der Waals surface area (Å²) in [4.78, 5) is 15.4. The summed E-state index contributed by atoms with van der Waals surface area (Å²) < 4.78 is 34.2. The molecule has 1 aliphatic heterocycles. The van der Waals surface area contributed by atoms with Gasteiger partial charge in [0.2, 0.25) is 10.0 Å². The Bertz CT molecular complexity index is 1200. The molecule has 0 spiro atoms. The summed E-state index contributed by atoms with van der Waals surface area (Å²) in [5.74, 6) is 0.440. The van der Waals surface area contributed by atoms with Crippen LogP contribution in [0.4, 0.5) is 0 Å². The number of carbonyl (C=O) groups excluding carboxylic acids is 1. The molecule has 0 bridgehead atoms. The number of rotatable bonds is 5. The van der Waals surface area contributed by atoms with Gasteiger partial charge in [0.15, 0.2) is 0 Å². The van der Waals surface area contributed by atoms with Gasteiger partial charge in [-0.05, 0) is 35.6 Å². The van der Waals surface area contributed by atoms with Crippen LogP contribution in [0.15, 0.2) is 53.4 Å². The minimum atomic E-state index is -3.64. The largest absolute Gasteiger partial charge is 0.497 e. The van der Waals surface area contributed by atoms with E-state index in [2.05, 4.69) is 0 Å². The van der Waals surface area contributed by atoms with Gasteiger partial charge in [0.05, 0.1) is 16.9 Å². The number of amides is 1. The fourth-order valence-corrected chi connectivity index (χ4v) is 6.77. The van der Waals surface area contributed by atoms with E-state index in [1.165, 1.54) is 22.8 Å². The Kier molecular flexibility index (Phi) is 5.57. The lowest BCUT2D eigenvalue weighted by Crippen LogP contribution is -2.29. The third-order valence-corrected chi connectivity index (χ3v) is 8.51. The zero-order chi connectivity index (χ0) is 21.5. The smallest absolute Gasteiger partial charge is 0.263 e. The van der Waals surface area contributed by atoms with E-state index in [1.807, 2.05) is 24.3 Å². The molecular formula is C22H24N2O4S2. The second-order valence-electron chi connectivity index (χ2n) is 7.57.